The Morgan fingerprint density at radius 1 is 1.10 bits per heavy atom. The highest BCUT2D eigenvalue weighted by Crippen LogP contribution is 2.19. The molecule has 2 amide bonds. The van der Waals surface area contributed by atoms with E-state index in [9.17, 15) is 4.79 Å². The van der Waals surface area contributed by atoms with E-state index in [1.807, 2.05) is 56.3 Å². The van der Waals surface area contributed by atoms with Crippen molar-refractivity contribution in [3.05, 3.63) is 65.4 Å². The summed E-state index contributed by atoms with van der Waals surface area (Å²) in [6.07, 6.45) is 3.45. The van der Waals surface area contributed by atoms with Crippen molar-refractivity contribution in [2.45, 2.75) is 13.8 Å². The van der Waals surface area contributed by atoms with Gasteiger partial charge in [0.2, 0.25) is 0 Å². The van der Waals surface area contributed by atoms with E-state index >= 15 is 0 Å². The molecule has 0 heterocycles. The number of anilines is 2. The number of urea groups is 1. The van der Waals surface area contributed by atoms with Crippen LogP contribution in [0, 0.1) is 13.8 Å². The number of hydrogen-bond donors (Lipinski definition) is 3. The Morgan fingerprint density at radius 3 is 2.62 bits per heavy atom. The van der Waals surface area contributed by atoms with Crippen molar-refractivity contribution in [3.63, 3.8) is 0 Å². The molecular formula is C17H19N3O. The number of carbonyl (C=O) groups excluding carboxylic acids is 1. The van der Waals surface area contributed by atoms with Crippen molar-refractivity contribution in [1.29, 1.82) is 0 Å². The number of rotatable bonds is 3. The molecule has 108 valence electrons. The lowest BCUT2D eigenvalue weighted by Crippen LogP contribution is -2.24. The lowest BCUT2D eigenvalue weighted by Gasteiger charge is -2.08. The van der Waals surface area contributed by atoms with Gasteiger partial charge in [-0.3, -0.25) is 0 Å². The predicted molar refractivity (Wildman–Crippen MR) is 88.0 cm³/mol. The number of nitrogens with one attached hydrogen (secondary N) is 2. The Kier molecular flexibility index (Phi) is 4.61. The molecule has 0 atom stereocenters. The summed E-state index contributed by atoms with van der Waals surface area (Å²) in [6.45, 7) is 3.97. The van der Waals surface area contributed by atoms with Gasteiger partial charge in [0.1, 0.15) is 0 Å². The standard InChI is InChI=1S/C17H19N3O/c1-12-4-3-5-14(10-12)8-9-19-17(21)20-16-11-13(2)6-7-15(16)18/h3-11H,18H2,1-2H3,(H2,19,20,21)/b9-8+. The largest absolute Gasteiger partial charge is 0.397 e. The Balaban J connectivity index is 1.94. The molecule has 2 rings (SSSR count). The minimum absolute atomic E-state index is 0.323. The van der Waals surface area contributed by atoms with Crippen LogP contribution in [0.2, 0.25) is 0 Å². The number of nitrogen functional groups attached to an aromatic ring is 1. The van der Waals surface area contributed by atoms with E-state index in [-0.39, 0.29) is 6.03 Å². The fourth-order valence-corrected chi connectivity index (χ4v) is 1.92. The molecule has 0 unspecified atom stereocenters. The van der Waals surface area contributed by atoms with Gasteiger partial charge >= 0.3 is 6.03 Å². The van der Waals surface area contributed by atoms with Gasteiger partial charge in [0.05, 0.1) is 11.4 Å². The summed E-state index contributed by atoms with van der Waals surface area (Å²) in [6, 6.07) is 13.2. The van der Waals surface area contributed by atoms with Crippen LogP contribution in [0.4, 0.5) is 16.2 Å². The maximum Gasteiger partial charge on any atom is 0.323 e. The van der Waals surface area contributed by atoms with Gasteiger partial charge in [-0.15, -0.1) is 0 Å². The molecule has 0 aliphatic carbocycles. The van der Waals surface area contributed by atoms with Gasteiger partial charge in [0.15, 0.2) is 0 Å². The van der Waals surface area contributed by atoms with E-state index < -0.39 is 0 Å². The van der Waals surface area contributed by atoms with E-state index in [1.165, 1.54) is 5.56 Å². The van der Waals surface area contributed by atoms with E-state index in [1.54, 1.807) is 12.3 Å². The molecule has 2 aromatic carbocycles. The third kappa shape index (κ3) is 4.38. The minimum atomic E-state index is -0.323. The quantitative estimate of drug-likeness (QED) is 0.751. The van der Waals surface area contributed by atoms with Gasteiger partial charge in [-0.1, -0.05) is 35.9 Å². The Hall–Kier alpha value is -2.75. The second-order valence-corrected chi connectivity index (χ2v) is 4.94. The van der Waals surface area contributed by atoms with Crippen LogP contribution >= 0.6 is 0 Å². The maximum atomic E-state index is 11.8. The first kappa shape index (κ1) is 14.7. The number of carbonyl (C=O) groups is 1. The zero-order valence-corrected chi connectivity index (χ0v) is 12.2. The lowest BCUT2D eigenvalue weighted by atomic mass is 10.1. The van der Waals surface area contributed by atoms with Gasteiger partial charge in [0.25, 0.3) is 0 Å². The number of nitrogens with two attached hydrogens (primary N) is 1. The Bertz CT molecular complexity index is 677. The molecule has 0 saturated heterocycles. The van der Waals surface area contributed by atoms with Crippen molar-refractivity contribution >= 4 is 23.5 Å². The first-order valence-electron chi connectivity index (χ1n) is 6.71. The summed E-state index contributed by atoms with van der Waals surface area (Å²) >= 11 is 0. The summed E-state index contributed by atoms with van der Waals surface area (Å²) in [5.41, 5.74) is 10.2. The van der Waals surface area contributed by atoms with Gasteiger partial charge in [-0.2, -0.15) is 0 Å². The molecule has 0 aliphatic rings. The first-order valence-corrected chi connectivity index (χ1v) is 6.71. The van der Waals surface area contributed by atoms with E-state index in [2.05, 4.69) is 10.6 Å². The Morgan fingerprint density at radius 2 is 1.86 bits per heavy atom. The summed E-state index contributed by atoms with van der Waals surface area (Å²) in [7, 11) is 0. The molecule has 4 heteroatoms. The second-order valence-electron chi connectivity index (χ2n) is 4.94. The molecule has 2 aromatic rings. The van der Waals surface area contributed by atoms with E-state index in [0.717, 1.165) is 11.1 Å². The molecule has 0 aliphatic heterocycles. The van der Waals surface area contributed by atoms with Gasteiger partial charge < -0.3 is 16.4 Å². The second kappa shape index (κ2) is 6.61. The fourth-order valence-electron chi connectivity index (χ4n) is 1.92. The lowest BCUT2D eigenvalue weighted by molar-refractivity contribution is 0.255. The van der Waals surface area contributed by atoms with Gasteiger partial charge in [0, 0.05) is 6.20 Å². The highest BCUT2D eigenvalue weighted by atomic mass is 16.2. The third-order valence-corrected chi connectivity index (χ3v) is 2.99. The monoisotopic (exact) mass is 281 g/mol. The van der Waals surface area contributed by atoms with Crippen LogP contribution in [0.15, 0.2) is 48.7 Å². The van der Waals surface area contributed by atoms with Crippen LogP contribution in [0.25, 0.3) is 6.08 Å². The van der Waals surface area contributed by atoms with Gasteiger partial charge in [-0.05, 0) is 43.2 Å². The van der Waals surface area contributed by atoms with E-state index in [4.69, 9.17) is 5.73 Å². The summed E-state index contributed by atoms with van der Waals surface area (Å²) in [5, 5.41) is 5.38. The van der Waals surface area contributed by atoms with E-state index in [0.29, 0.717) is 11.4 Å². The average Bonchev–Trinajstić information content (AvgIpc) is 2.43. The number of hydrogen-bond acceptors (Lipinski definition) is 2. The Labute approximate surface area is 124 Å². The first-order chi connectivity index (χ1) is 10.0. The summed E-state index contributed by atoms with van der Waals surface area (Å²) in [4.78, 5) is 11.8. The van der Waals surface area contributed by atoms with Crippen molar-refractivity contribution in [2.75, 3.05) is 11.1 Å². The zero-order chi connectivity index (χ0) is 15.2. The number of amides is 2. The highest BCUT2D eigenvalue weighted by molar-refractivity contribution is 5.93. The predicted octanol–water partition coefficient (Wildman–Crippen LogP) is 3.68. The molecule has 0 aromatic heterocycles. The molecule has 0 bridgehead atoms. The van der Waals surface area contributed by atoms with Gasteiger partial charge in [-0.25, -0.2) is 4.79 Å². The van der Waals surface area contributed by atoms with Crippen LogP contribution in [0.3, 0.4) is 0 Å². The van der Waals surface area contributed by atoms with Crippen LogP contribution in [-0.2, 0) is 0 Å². The number of benzene rings is 2. The van der Waals surface area contributed by atoms with Crippen molar-refractivity contribution in [2.24, 2.45) is 0 Å². The molecular weight excluding hydrogens is 262 g/mol. The van der Waals surface area contributed by atoms with Crippen molar-refractivity contribution in [3.8, 4) is 0 Å². The normalized spacial score (nSPS) is 10.6. The number of aryl methyl sites for hydroxylation is 2. The smallest absolute Gasteiger partial charge is 0.323 e. The molecule has 0 fully saturated rings. The fraction of sp³-hybridized carbons (Fsp3) is 0.118. The molecule has 21 heavy (non-hydrogen) atoms. The maximum absolute atomic E-state index is 11.8. The highest BCUT2D eigenvalue weighted by Gasteiger charge is 2.03. The average molecular weight is 281 g/mol. The zero-order valence-electron chi connectivity index (χ0n) is 12.2. The summed E-state index contributed by atoms with van der Waals surface area (Å²) < 4.78 is 0. The topological polar surface area (TPSA) is 67.2 Å². The van der Waals surface area contributed by atoms with Crippen molar-refractivity contribution < 1.29 is 4.79 Å². The molecule has 0 saturated carbocycles. The SMILES string of the molecule is Cc1cccc(/C=C/NC(=O)Nc2cc(C)ccc2N)c1. The minimum Gasteiger partial charge on any atom is -0.397 e. The molecule has 4 nitrogen and oxygen atoms in total. The van der Waals surface area contributed by atoms with Crippen LogP contribution in [-0.4, -0.2) is 6.03 Å². The van der Waals surface area contributed by atoms with Crippen LogP contribution in [0.1, 0.15) is 16.7 Å². The summed E-state index contributed by atoms with van der Waals surface area (Å²) in [5.74, 6) is 0. The van der Waals surface area contributed by atoms with Crippen LogP contribution < -0.4 is 16.4 Å². The third-order valence-electron chi connectivity index (χ3n) is 2.99. The molecule has 0 spiro atoms. The van der Waals surface area contributed by atoms with Crippen molar-refractivity contribution in [1.82, 2.24) is 5.32 Å². The molecule has 4 N–H and O–H groups in total. The molecule has 0 radical (unpaired) electrons. The van der Waals surface area contributed by atoms with Crippen LogP contribution in [0.5, 0.6) is 0 Å².